The van der Waals surface area contributed by atoms with Crippen molar-refractivity contribution in [2.24, 2.45) is 0 Å². The minimum absolute atomic E-state index is 0.220. The quantitative estimate of drug-likeness (QED) is 0.651. The Labute approximate surface area is 140 Å². The maximum atomic E-state index is 12.2. The highest BCUT2D eigenvalue weighted by atomic mass is 16.1. The molecule has 1 heterocycles. The van der Waals surface area contributed by atoms with Gasteiger partial charge in [0.05, 0.1) is 0 Å². The summed E-state index contributed by atoms with van der Waals surface area (Å²) >= 11 is 0. The van der Waals surface area contributed by atoms with Gasteiger partial charge in [-0.2, -0.15) is 10.1 Å². The lowest BCUT2D eigenvalue weighted by atomic mass is 10.1. The zero-order valence-corrected chi connectivity index (χ0v) is 13.4. The Balaban J connectivity index is 1.68. The number of aromatic amines is 1. The molecule has 3 rings (SSSR count). The molecule has 0 saturated heterocycles. The van der Waals surface area contributed by atoms with Crippen molar-refractivity contribution in [2.45, 2.75) is 19.9 Å². The van der Waals surface area contributed by atoms with Crippen molar-refractivity contribution in [3.63, 3.8) is 0 Å². The van der Waals surface area contributed by atoms with Crippen molar-refractivity contribution in [3.05, 3.63) is 71.5 Å². The first kappa shape index (κ1) is 15.7. The first-order valence-electron chi connectivity index (χ1n) is 7.83. The van der Waals surface area contributed by atoms with Crippen LogP contribution in [0.3, 0.4) is 0 Å². The van der Waals surface area contributed by atoms with Crippen LogP contribution in [0.1, 0.15) is 28.4 Å². The summed E-state index contributed by atoms with van der Waals surface area (Å²) in [6.45, 7) is 2.79. The number of carbonyl (C=O) groups excluding carboxylic acids is 1. The van der Waals surface area contributed by atoms with E-state index >= 15 is 0 Å². The molecule has 3 N–H and O–H groups in total. The van der Waals surface area contributed by atoms with Gasteiger partial charge in [0, 0.05) is 17.8 Å². The molecule has 6 heteroatoms. The molecule has 0 aliphatic carbocycles. The zero-order valence-electron chi connectivity index (χ0n) is 13.4. The molecule has 0 radical (unpaired) electrons. The van der Waals surface area contributed by atoms with Crippen molar-refractivity contribution in [1.82, 2.24) is 15.2 Å². The summed E-state index contributed by atoms with van der Waals surface area (Å²) in [6, 6.07) is 15.7. The zero-order chi connectivity index (χ0) is 16.8. The van der Waals surface area contributed by atoms with Crippen LogP contribution in [-0.4, -0.2) is 21.1 Å². The third kappa shape index (κ3) is 3.78. The highest BCUT2D eigenvalue weighted by molar-refractivity contribution is 6.03. The number of hydrogen-bond donors (Lipinski definition) is 3. The van der Waals surface area contributed by atoms with Gasteiger partial charge >= 0.3 is 0 Å². The molecule has 0 aliphatic heterocycles. The Hall–Kier alpha value is -3.15. The van der Waals surface area contributed by atoms with Crippen LogP contribution < -0.4 is 10.6 Å². The summed E-state index contributed by atoms with van der Waals surface area (Å²) < 4.78 is 0. The van der Waals surface area contributed by atoms with Crippen molar-refractivity contribution in [1.29, 1.82) is 0 Å². The second kappa shape index (κ2) is 7.41. The standard InChI is InChI=1S/C18H19N5O/c1-2-14-7-3-4-9-16(14)19-11-13-6-5-8-15(10-13)17(24)22-18-20-12-21-23-18/h3-10,12,19H,2,11H2,1H3,(H2,20,21,22,23,24). The molecule has 0 bridgehead atoms. The molecule has 122 valence electrons. The number of amides is 1. The van der Waals surface area contributed by atoms with Crippen LogP contribution >= 0.6 is 0 Å². The first-order chi connectivity index (χ1) is 11.8. The van der Waals surface area contributed by atoms with Crippen LogP contribution in [0.25, 0.3) is 0 Å². The van der Waals surface area contributed by atoms with Gasteiger partial charge in [-0.1, -0.05) is 37.3 Å². The molecule has 0 unspecified atom stereocenters. The van der Waals surface area contributed by atoms with E-state index in [-0.39, 0.29) is 5.91 Å². The fraction of sp³-hybridized carbons (Fsp3) is 0.167. The van der Waals surface area contributed by atoms with Gasteiger partial charge in [-0.15, -0.1) is 0 Å². The number of rotatable bonds is 6. The number of carbonyl (C=O) groups is 1. The van der Waals surface area contributed by atoms with E-state index in [0.717, 1.165) is 17.7 Å². The normalized spacial score (nSPS) is 10.4. The second-order valence-corrected chi connectivity index (χ2v) is 5.35. The average Bonchev–Trinajstić information content (AvgIpc) is 3.13. The fourth-order valence-electron chi connectivity index (χ4n) is 2.47. The summed E-state index contributed by atoms with van der Waals surface area (Å²) in [6.07, 6.45) is 2.32. The maximum Gasteiger partial charge on any atom is 0.258 e. The Morgan fingerprint density at radius 2 is 2.04 bits per heavy atom. The number of nitrogens with one attached hydrogen (secondary N) is 3. The molecular weight excluding hydrogens is 302 g/mol. The Bertz CT molecular complexity index is 814. The molecule has 0 atom stereocenters. The number of nitrogens with zero attached hydrogens (tertiary/aromatic N) is 2. The average molecular weight is 321 g/mol. The molecule has 6 nitrogen and oxygen atoms in total. The summed E-state index contributed by atoms with van der Waals surface area (Å²) in [4.78, 5) is 16.1. The van der Waals surface area contributed by atoms with E-state index in [9.17, 15) is 4.79 Å². The fourth-order valence-corrected chi connectivity index (χ4v) is 2.47. The van der Waals surface area contributed by atoms with Crippen LogP contribution in [0.2, 0.25) is 0 Å². The molecule has 1 aromatic heterocycles. The van der Waals surface area contributed by atoms with Crippen molar-refractivity contribution in [2.75, 3.05) is 10.6 Å². The summed E-state index contributed by atoms with van der Waals surface area (Å²) in [7, 11) is 0. The number of hydrogen-bond acceptors (Lipinski definition) is 4. The Morgan fingerprint density at radius 3 is 2.83 bits per heavy atom. The van der Waals surface area contributed by atoms with Crippen LogP contribution in [0, 0.1) is 0 Å². The van der Waals surface area contributed by atoms with Crippen molar-refractivity contribution < 1.29 is 4.79 Å². The van der Waals surface area contributed by atoms with E-state index in [1.807, 2.05) is 30.3 Å². The van der Waals surface area contributed by atoms with Gasteiger partial charge < -0.3 is 5.32 Å². The predicted molar refractivity (Wildman–Crippen MR) is 93.9 cm³/mol. The first-order valence-corrected chi connectivity index (χ1v) is 7.83. The number of aromatic nitrogens is 3. The predicted octanol–water partition coefficient (Wildman–Crippen LogP) is 3.23. The second-order valence-electron chi connectivity index (χ2n) is 5.35. The lowest BCUT2D eigenvalue weighted by molar-refractivity contribution is 0.102. The van der Waals surface area contributed by atoms with E-state index < -0.39 is 0 Å². The molecule has 0 spiro atoms. The number of para-hydroxylation sites is 1. The monoisotopic (exact) mass is 321 g/mol. The highest BCUT2D eigenvalue weighted by Gasteiger charge is 2.08. The van der Waals surface area contributed by atoms with E-state index in [0.29, 0.717) is 18.1 Å². The molecule has 0 fully saturated rings. The summed E-state index contributed by atoms with van der Waals surface area (Å²) in [5, 5.41) is 12.4. The van der Waals surface area contributed by atoms with Crippen molar-refractivity contribution >= 4 is 17.5 Å². The Kier molecular flexibility index (Phi) is 4.86. The van der Waals surface area contributed by atoms with E-state index in [4.69, 9.17) is 0 Å². The van der Waals surface area contributed by atoms with Gasteiger partial charge in [0.25, 0.3) is 5.91 Å². The van der Waals surface area contributed by atoms with Gasteiger partial charge in [0.15, 0.2) is 0 Å². The molecule has 0 saturated carbocycles. The topological polar surface area (TPSA) is 82.7 Å². The summed E-state index contributed by atoms with van der Waals surface area (Å²) in [5.74, 6) is 0.114. The van der Waals surface area contributed by atoms with Gasteiger partial charge in [-0.3, -0.25) is 10.1 Å². The largest absolute Gasteiger partial charge is 0.381 e. The number of aryl methyl sites for hydroxylation is 1. The van der Waals surface area contributed by atoms with Crippen LogP contribution in [0.5, 0.6) is 0 Å². The lowest BCUT2D eigenvalue weighted by Gasteiger charge is -2.11. The van der Waals surface area contributed by atoms with Gasteiger partial charge in [-0.05, 0) is 35.7 Å². The van der Waals surface area contributed by atoms with Crippen LogP contribution in [0.15, 0.2) is 54.9 Å². The van der Waals surface area contributed by atoms with E-state index in [1.54, 1.807) is 6.07 Å². The highest BCUT2D eigenvalue weighted by Crippen LogP contribution is 2.17. The maximum absolute atomic E-state index is 12.2. The molecule has 3 aromatic rings. The van der Waals surface area contributed by atoms with Gasteiger partial charge in [0.1, 0.15) is 6.33 Å². The van der Waals surface area contributed by atoms with Gasteiger partial charge in [0.2, 0.25) is 5.95 Å². The minimum atomic E-state index is -0.220. The number of H-pyrrole nitrogens is 1. The van der Waals surface area contributed by atoms with E-state index in [2.05, 4.69) is 44.9 Å². The lowest BCUT2D eigenvalue weighted by Crippen LogP contribution is -2.13. The molecule has 0 aliphatic rings. The number of benzene rings is 2. The van der Waals surface area contributed by atoms with Gasteiger partial charge in [-0.25, -0.2) is 5.10 Å². The molecule has 24 heavy (non-hydrogen) atoms. The van der Waals surface area contributed by atoms with Crippen LogP contribution in [0.4, 0.5) is 11.6 Å². The molecular formula is C18H19N5O. The molecule has 2 aromatic carbocycles. The minimum Gasteiger partial charge on any atom is -0.381 e. The smallest absolute Gasteiger partial charge is 0.258 e. The third-order valence-corrected chi connectivity index (χ3v) is 3.72. The SMILES string of the molecule is CCc1ccccc1NCc1cccc(C(=O)Nc2ncn[nH]2)c1. The molecule has 1 amide bonds. The summed E-state index contributed by atoms with van der Waals surface area (Å²) in [5.41, 5.74) is 4.01. The van der Waals surface area contributed by atoms with Crippen LogP contribution in [-0.2, 0) is 13.0 Å². The number of anilines is 2. The van der Waals surface area contributed by atoms with Crippen molar-refractivity contribution in [3.8, 4) is 0 Å². The third-order valence-electron chi connectivity index (χ3n) is 3.72. The Morgan fingerprint density at radius 1 is 1.17 bits per heavy atom. The van der Waals surface area contributed by atoms with E-state index in [1.165, 1.54) is 11.9 Å².